The highest BCUT2D eigenvalue weighted by Gasteiger charge is 2.12. The van der Waals surface area contributed by atoms with Gasteiger partial charge in [-0.1, -0.05) is 31.6 Å². The normalized spacial score (nSPS) is 17.8. The second-order valence-corrected chi connectivity index (χ2v) is 3.96. The van der Waals surface area contributed by atoms with Gasteiger partial charge in [-0.05, 0) is 25.7 Å². The van der Waals surface area contributed by atoms with Gasteiger partial charge in [-0.2, -0.15) is 0 Å². The summed E-state index contributed by atoms with van der Waals surface area (Å²) in [6.07, 6.45) is 13.4. The number of likely N-dealkylation sites (tertiary alicyclic amines) is 1. The minimum Gasteiger partial charge on any atom is -0.339 e. The molecule has 0 unspecified atom stereocenters. The van der Waals surface area contributed by atoms with Gasteiger partial charge in [0.2, 0.25) is 5.91 Å². The van der Waals surface area contributed by atoms with Gasteiger partial charge in [-0.25, -0.2) is 0 Å². The highest BCUT2D eigenvalue weighted by Crippen LogP contribution is 2.08. The number of amides is 1. The van der Waals surface area contributed by atoms with Crippen molar-refractivity contribution in [2.24, 2.45) is 0 Å². The smallest absolute Gasteiger partial charge is 0.246 e. The van der Waals surface area contributed by atoms with E-state index in [0.29, 0.717) is 0 Å². The van der Waals surface area contributed by atoms with Crippen molar-refractivity contribution in [1.29, 1.82) is 0 Å². The maximum Gasteiger partial charge on any atom is 0.246 e. The minimum atomic E-state index is 0.163. The van der Waals surface area contributed by atoms with Crippen molar-refractivity contribution in [3.63, 3.8) is 0 Å². The average Bonchev–Trinajstić information content (AvgIpc) is 2.30. The first-order valence-corrected chi connectivity index (χ1v) is 5.96. The zero-order valence-electron chi connectivity index (χ0n) is 9.61. The molecule has 0 N–H and O–H groups in total. The first kappa shape index (κ1) is 12.0. The van der Waals surface area contributed by atoms with Crippen LogP contribution in [0.25, 0.3) is 0 Å². The molecule has 0 atom stereocenters. The van der Waals surface area contributed by atoms with Crippen molar-refractivity contribution in [2.75, 3.05) is 13.1 Å². The predicted molar refractivity (Wildman–Crippen MR) is 63.6 cm³/mol. The molecule has 1 rings (SSSR count). The molecule has 1 aliphatic heterocycles. The maximum atomic E-state index is 11.6. The third-order valence-corrected chi connectivity index (χ3v) is 2.61. The van der Waals surface area contributed by atoms with E-state index in [-0.39, 0.29) is 5.91 Å². The Bertz CT molecular complexity index is 237. The number of hydrogen-bond donors (Lipinski definition) is 0. The number of piperidine rings is 1. The second-order valence-electron chi connectivity index (χ2n) is 3.96. The quantitative estimate of drug-likeness (QED) is 0.512. The Balaban J connectivity index is 2.27. The minimum absolute atomic E-state index is 0.163. The summed E-state index contributed by atoms with van der Waals surface area (Å²) in [5, 5.41) is 0. The summed E-state index contributed by atoms with van der Waals surface area (Å²) in [6.45, 7) is 4.01. The van der Waals surface area contributed by atoms with Crippen molar-refractivity contribution in [3.05, 3.63) is 24.3 Å². The van der Waals surface area contributed by atoms with Crippen LogP contribution in [0.5, 0.6) is 0 Å². The molecule has 1 amide bonds. The second kappa shape index (κ2) is 7.27. The van der Waals surface area contributed by atoms with E-state index in [1.54, 1.807) is 6.08 Å². The van der Waals surface area contributed by atoms with Crippen LogP contribution >= 0.6 is 0 Å². The number of allylic oxidation sites excluding steroid dienone is 3. The van der Waals surface area contributed by atoms with Gasteiger partial charge in [0.25, 0.3) is 0 Å². The van der Waals surface area contributed by atoms with Crippen molar-refractivity contribution in [2.45, 2.75) is 39.0 Å². The molecule has 0 aromatic carbocycles. The molecule has 1 aliphatic rings. The molecule has 0 bridgehead atoms. The monoisotopic (exact) mass is 207 g/mol. The van der Waals surface area contributed by atoms with E-state index in [1.807, 2.05) is 17.1 Å². The third kappa shape index (κ3) is 4.82. The lowest BCUT2D eigenvalue weighted by Gasteiger charge is -2.25. The van der Waals surface area contributed by atoms with Crippen LogP contribution in [0, 0.1) is 0 Å². The van der Waals surface area contributed by atoms with Crippen LogP contribution in [-0.2, 0) is 4.79 Å². The summed E-state index contributed by atoms with van der Waals surface area (Å²) < 4.78 is 0. The summed E-state index contributed by atoms with van der Waals surface area (Å²) in [5.74, 6) is 0.163. The van der Waals surface area contributed by atoms with Crippen LogP contribution in [-0.4, -0.2) is 23.9 Å². The van der Waals surface area contributed by atoms with Crippen LogP contribution in [0.15, 0.2) is 24.3 Å². The Kier molecular flexibility index (Phi) is 5.83. The molecule has 0 aromatic heterocycles. The third-order valence-electron chi connectivity index (χ3n) is 2.61. The Labute approximate surface area is 92.7 Å². The molecular weight excluding hydrogens is 186 g/mol. The zero-order chi connectivity index (χ0) is 10.9. The van der Waals surface area contributed by atoms with Crippen LogP contribution in [0.1, 0.15) is 39.0 Å². The number of carbonyl (C=O) groups excluding carboxylic acids is 1. The van der Waals surface area contributed by atoms with Crippen molar-refractivity contribution < 1.29 is 4.79 Å². The van der Waals surface area contributed by atoms with Gasteiger partial charge in [0.15, 0.2) is 0 Å². The topological polar surface area (TPSA) is 20.3 Å². The van der Waals surface area contributed by atoms with E-state index in [1.165, 1.54) is 6.42 Å². The van der Waals surface area contributed by atoms with Gasteiger partial charge in [-0.15, -0.1) is 0 Å². The Morgan fingerprint density at radius 3 is 2.60 bits per heavy atom. The fourth-order valence-electron chi connectivity index (χ4n) is 1.70. The van der Waals surface area contributed by atoms with E-state index in [9.17, 15) is 4.79 Å². The molecule has 15 heavy (non-hydrogen) atoms. The molecular formula is C13H21NO. The molecule has 84 valence electrons. The van der Waals surface area contributed by atoms with Crippen LogP contribution in [0.3, 0.4) is 0 Å². The number of nitrogens with zero attached hydrogens (tertiary/aromatic N) is 1. The van der Waals surface area contributed by atoms with E-state index < -0.39 is 0 Å². The highest BCUT2D eigenvalue weighted by molar-refractivity contribution is 5.87. The van der Waals surface area contributed by atoms with E-state index in [4.69, 9.17) is 0 Å². The summed E-state index contributed by atoms with van der Waals surface area (Å²) in [7, 11) is 0. The average molecular weight is 207 g/mol. The summed E-state index contributed by atoms with van der Waals surface area (Å²) in [4.78, 5) is 13.6. The lowest BCUT2D eigenvalue weighted by Crippen LogP contribution is -2.34. The van der Waals surface area contributed by atoms with Gasteiger partial charge >= 0.3 is 0 Å². The van der Waals surface area contributed by atoms with Gasteiger partial charge < -0.3 is 4.90 Å². The summed E-state index contributed by atoms with van der Waals surface area (Å²) >= 11 is 0. The number of carbonyl (C=O) groups is 1. The van der Waals surface area contributed by atoms with Gasteiger partial charge in [0, 0.05) is 19.2 Å². The van der Waals surface area contributed by atoms with E-state index in [2.05, 4.69) is 13.0 Å². The molecule has 1 fully saturated rings. The lowest BCUT2D eigenvalue weighted by atomic mass is 10.1. The van der Waals surface area contributed by atoms with Gasteiger partial charge in [-0.3, -0.25) is 4.79 Å². The molecule has 2 heteroatoms. The molecule has 0 saturated carbocycles. The van der Waals surface area contributed by atoms with Crippen molar-refractivity contribution in [3.8, 4) is 0 Å². The molecule has 0 aliphatic carbocycles. The first-order valence-electron chi connectivity index (χ1n) is 5.96. The largest absolute Gasteiger partial charge is 0.339 e. The maximum absolute atomic E-state index is 11.6. The van der Waals surface area contributed by atoms with Crippen LogP contribution in [0.2, 0.25) is 0 Å². The fraction of sp³-hybridized carbons (Fsp3) is 0.615. The molecule has 1 heterocycles. The molecule has 0 radical (unpaired) electrons. The first-order chi connectivity index (χ1) is 7.34. The Morgan fingerprint density at radius 2 is 1.93 bits per heavy atom. The standard InChI is InChI=1S/C13H21NO/c1-2-3-4-5-7-10-13(15)14-11-8-6-9-12-14/h4-5,7,10H,2-3,6,8-9,11-12H2,1H3/b5-4-,10-7+. The van der Waals surface area contributed by atoms with Crippen molar-refractivity contribution >= 4 is 5.91 Å². The summed E-state index contributed by atoms with van der Waals surface area (Å²) in [6, 6.07) is 0. The van der Waals surface area contributed by atoms with E-state index >= 15 is 0 Å². The molecule has 0 spiro atoms. The SMILES string of the molecule is CCC/C=C\C=C\C(=O)N1CCCCC1. The fourth-order valence-corrected chi connectivity index (χ4v) is 1.70. The molecule has 0 aromatic rings. The van der Waals surface area contributed by atoms with Crippen molar-refractivity contribution in [1.82, 2.24) is 4.90 Å². The number of unbranched alkanes of at least 4 members (excludes halogenated alkanes) is 1. The van der Waals surface area contributed by atoms with Gasteiger partial charge in [0.05, 0.1) is 0 Å². The highest BCUT2D eigenvalue weighted by atomic mass is 16.2. The van der Waals surface area contributed by atoms with E-state index in [0.717, 1.165) is 38.8 Å². The Hall–Kier alpha value is -1.05. The molecule has 1 saturated heterocycles. The Morgan fingerprint density at radius 1 is 1.20 bits per heavy atom. The predicted octanol–water partition coefficient (Wildman–Crippen LogP) is 2.91. The van der Waals surface area contributed by atoms with Gasteiger partial charge in [0.1, 0.15) is 0 Å². The number of hydrogen-bond acceptors (Lipinski definition) is 1. The number of rotatable bonds is 4. The van der Waals surface area contributed by atoms with Crippen LogP contribution in [0.4, 0.5) is 0 Å². The zero-order valence-corrected chi connectivity index (χ0v) is 9.61. The van der Waals surface area contributed by atoms with Crippen LogP contribution < -0.4 is 0 Å². The summed E-state index contributed by atoms with van der Waals surface area (Å²) in [5.41, 5.74) is 0. The molecule has 2 nitrogen and oxygen atoms in total. The lowest BCUT2D eigenvalue weighted by molar-refractivity contribution is -0.126.